The lowest BCUT2D eigenvalue weighted by molar-refractivity contribution is 0.521. The number of nitrogens with zero attached hydrogens (tertiary/aromatic N) is 1. The number of benzene rings is 1. The first-order valence-corrected chi connectivity index (χ1v) is 6.63. The Kier molecular flexibility index (Phi) is 3.99. The summed E-state index contributed by atoms with van der Waals surface area (Å²) in [7, 11) is 0. The average Bonchev–Trinajstić information content (AvgIpc) is 2.44. The second kappa shape index (κ2) is 5.29. The first-order valence-electron chi connectivity index (χ1n) is 5.87. The van der Waals surface area contributed by atoms with E-state index in [0.29, 0.717) is 0 Å². The molecule has 1 unspecified atom stereocenters. The number of rotatable bonds is 1. The van der Waals surface area contributed by atoms with E-state index in [1.54, 1.807) is 0 Å². The van der Waals surface area contributed by atoms with Gasteiger partial charge in [0, 0.05) is 13.1 Å². The van der Waals surface area contributed by atoms with Gasteiger partial charge in [-0.25, -0.2) is 0 Å². The first-order chi connectivity index (χ1) is 7.68. The van der Waals surface area contributed by atoms with Crippen LogP contribution in [0.15, 0.2) is 18.2 Å². The summed E-state index contributed by atoms with van der Waals surface area (Å²) in [5.41, 5.74) is 1.01. The lowest BCUT2D eigenvalue weighted by Crippen LogP contribution is -2.24. The van der Waals surface area contributed by atoms with Crippen molar-refractivity contribution in [3.8, 4) is 0 Å². The SMILES string of the molecule is CC1CCCN(c2c(Cl)cccc2Cl)CC1. The zero-order valence-corrected chi connectivity index (χ0v) is 11.1. The summed E-state index contributed by atoms with van der Waals surface area (Å²) in [5.74, 6) is 0.811. The second-order valence-corrected chi connectivity index (χ2v) is 5.41. The molecule has 0 aliphatic carbocycles. The van der Waals surface area contributed by atoms with Crippen molar-refractivity contribution in [1.29, 1.82) is 0 Å². The van der Waals surface area contributed by atoms with Crippen LogP contribution in [0.25, 0.3) is 0 Å². The van der Waals surface area contributed by atoms with Crippen LogP contribution < -0.4 is 4.90 Å². The summed E-state index contributed by atoms with van der Waals surface area (Å²) in [6.07, 6.45) is 3.75. The Hall–Kier alpha value is -0.400. The van der Waals surface area contributed by atoms with Crippen LogP contribution in [0.2, 0.25) is 10.0 Å². The Morgan fingerprint density at radius 2 is 1.81 bits per heavy atom. The molecule has 1 aromatic rings. The van der Waals surface area contributed by atoms with Gasteiger partial charge in [0.15, 0.2) is 0 Å². The van der Waals surface area contributed by atoms with E-state index >= 15 is 0 Å². The van der Waals surface area contributed by atoms with Gasteiger partial charge in [-0.05, 0) is 37.3 Å². The lowest BCUT2D eigenvalue weighted by atomic mass is 10.0. The Balaban J connectivity index is 2.23. The summed E-state index contributed by atoms with van der Waals surface area (Å²) >= 11 is 12.5. The summed E-state index contributed by atoms with van der Waals surface area (Å²) in [5, 5.41) is 1.53. The predicted molar refractivity (Wildman–Crippen MR) is 71.7 cm³/mol. The minimum atomic E-state index is 0.766. The smallest absolute Gasteiger partial charge is 0.0744 e. The van der Waals surface area contributed by atoms with Crippen LogP contribution in [0.4, 0.5) is 5.69 Å². The minimum absolute atomic E-state index is 0.766. The zero-order valence-electron chi connectivity index (χ0n) is 9.55. The maximum absolute atomic E-state index is 6.23. The van der Waals surface area contributed by atoms with Crippen molar-refractivity contribution in [2.45, 2.75) is 26.2 Å². The van der Waals surface area contributed by atoms with E-state index in [-0.39, 0.29) is 0 Å². The van der Waals surface area contributed by atoms with Crippen LogP contribution >= 0.6 is 23.2 Å². The third-order valence-electron chi connectivity index (χ3n) is 3.27. The van der Waals surface area contributed by atoms with Crippen molar-refractivity contribution in [3.63, 3.8) is 0 Å². The highest BCUT2D eigenvalue weighted by Gasteiger charge is 2.18. The lowest BCUT2D eigenvalue weighted by Gasteiger charge is -2.25. The Morgan fingerprint density at radius 1 is 1.12 bits per heavy atom. The molecular weight excluding hydrogens is 241 g/mol. The molecule has 0 bridgehead atoms. The summed E-state index contributed by atoms with van der Waals surface area (Å²) in [4.78, 5) is 2.33. The van der Waals surface area contributed by atoms with Crippen molar-refractivity contribution < 1.29 is 0 Å². The molecule has 16 heavy (non-hydrogen) atoms. The Labute approximate surface area is 107 Å². The molecular formula is C13H17Cl2N. The molecule has 1 aromatic carbocycles. The zero-order chi connectivity index (χ0) is 11.5. The Bertz CT molecular complexity index is 345. The summed E-state index contributed by atoms with van der Waals surface area (Å²) in [6.45, 7) is 4.44. The van der Waals surface area contributed by atoms with Crippen molar-refractivity contribution in [3.05, 3.63) is 28.2 Å². The summed E-state index contributed by atoms with van der Waals surface area (Å²) < 4.78 is 0. The van der Waals surface area contributed by atoms with E-state index < -0.39 is 0 Å². The van der Waals surface area contributed by atoms with Gasteiger partial charge in [-0.1, -0.05) is 36.2 Å². The van der Waals surface area contributed by atoms with E-state index in [9.17, 15) is 0 Å². The van der Waals surface area contributed by atoms with Gasteiger partial charge in [0.05, 0.1) is 15.7 Å². The number of hydrogen-bond acceptors (Lipinski definition) is 1. The molecule has 1 atom stereocenters. The fraction of sp³-hybridized carbons (Fsp3) is 0.538. The largest absolute Gasteiger partial charge is 0.369 e. The molecule has 1 saturated heterocycles. The maximum Gasteiger partial charge on any atom is 0.0744 e. The molecule has 1 heterocycles. The van der Waals surface area contributed by atoms with Crippen molar-refractivity contribution >= 4 is 28.9 Å². The van der Waals surface area contributed by atoms with E-state index in [1.165, 1.54) is 19.3 Å². The number of halogens is 2. The van der Waals surface area contributed by atoms with Gasteiger partial charge < -0.3 is 4.90 Å². The molecule has 1 aliphatic rings. The van der Waals surface area contributed by atoms with Crippen LogP contribution in [0.3, 0.4) is 0 Å². The molecule has 2 rings (SSSR count). The van der Waals surface area contributed by atoms with Crippen molar-refractivity contribution in [1.82, 2.24) is 0 Å². The van der Waals surface area contributed by atoms with Gasteiger partial charge in [0.1, 0.15) is 0 Å². The fourth-order valence-electron chi connectivity index (χ4n) is 2.28. The van der Waals surface area contributed by atoms with Crippen LogP contribution in [0, 0.1) is 5.92 Å². The van der Waals surface area contributed by atoms with Gasteiger partial charge >= 0.3 is 0 Å². The van der Waals surface area contributed by atoms with E-state index in [1.807, 2.05) is 18.2 Å². The van der Waals surface area contributed by atoms with Gasteiger partial charge in [-0.2, -0.15) is 0 Å². The van der Waals surface area contributed by atoms with Gasteiger partial charge in [-0.3, -0.25) is 0 Å². The van der Waals surface area contributed by atoms with Crippen LogP contribution in [0.5, 0.6) is 0 Å². The van der Waals surface area contributed by atoms with Gasteiger partial charge in [0.2, 0.25) is 0 Å². The monoisotopic (exact) mass is 257 g/mol. The number of para-hydroxylation sites is 1. The van der Waals surface area contributed by atoms with Crippen molar-refractivity contribution in [2.24, 2.45) is 5.92 Å². The number of hydrogen-bond donors (Lipinski definition) is 0. The standard InChI is InChI=1S/C13H17Cl2N/c1-10-4-3-8-16(9-7-10)13-11(14)5-2-6-12(13)15/h2,5-6,10H,3-4,7-9H2,1H3. The molecule has 0 spiro atoms. The van der Waals surface area contributed by atoms with Gasteiger partial charge in [-0.15, -0.1) is 0 Å². The Morgan fingerprint density at radius 3 is 2.50 bits per heavy atom. The van der Waals surface area contributed by atoms with E-state index in [2.05, 4.69) is 11.8 Å². The third-order valence-corrected chi connectivity index (χ3v) is 3.88. The second-order valence-electron chi connectivity index (χ2n) is 4.59. The summed E-state index contributed by atoms with van der Waals surface area (Å²) in [6, 6.07) is 5.72. The quantitative estimate of drug-likeness (QED) is 0.710. The van der Waals surface area contributed by atoms with Gasteiger partial charge in [0.25, 0.3) is 0 Å². The topological polar surface area (TPSA) is 3.24 Å². The molecule has 0 N–H and O–H groups in total. The molecule has 1 aliphatic heterocycles. The van der Waals surface area contributed by atoms with Crippen LogP contribution in [-0.4, -0.2) is 13.1 Å². The van der Waals surface area contributed by atoms with E-state index in [0.717, 1.165) is 34.7 Å². The number of anilines is 1. The minimum Gasteiger partial charge on any atom is -0.369 e. The highest BCUT2D eigenvalue weighted by atomic mass is 35.5. The molecule has 0 saturated carbocycles. The van der Waals surface area contributed by atoms with Crippen molar-refractivity contribution in [2.75, 3.05) is 18.0 Å². The maximum atomic E-state index is 6.23. The molecule has 88 valence electrons. The molecule has 1 nitrogen and oxygen atoms in total. The van der Waals surface area contributed by atoms with Crippen LogP contribution in [0.1, 0.15) is 26.2 Å². The third kappa shape index (κ3) is 2.64. The first kappa shape index (κ1) is 12.1. The normalized spacial score (nSPS) is 21.9. The molecule has 0 radical (unpaired) electrons. The molecule has 1 fully saturated rings. The molecule has 0 amide bonds. The highest BCUT2D eigenvalue weighted by molar-refractivity contribution is 6.39. The predicted octanol–water partition coefficient (Wildman–Crippen LogP) is 4.62. The highest BCUT2D eigenvalue weighted by Crippen LogP contribution is 2.35. The van der Waals surface area contributed by atoms with Crippen LogP contribution in [-0.2, 0) is 0 Å². The molecule has 0 aromatic heterocycles. The average molecular weight is 258 g/mol. The fourth-order valence-corrected chi connectivity index (χ4v) is 2.91. The van der Waals surface area contributed by atoms with E-state index in [4.69, 9.17) is 23.2 Å². The molecule has 3 heteroatoms.